The van der Waals surface area contributed by atoms with Gasteiger partial charge in [-0.3, -0.25) is 29.9 Å². The number of ether oxygens (including phenoxy) is 2. The summed E-state index contributed by atoms with van der Waals surface area (Å²) in [7, 11) is 1.45. The molecule has 0 atom stereocenters. The van der Waals surface area contributed by atoms with Crippen molar-refractivity contribution in [3.8, 4) is 11.5 Å². The number of rotatable bonds is 7. The van der Waals surface area contributed by atoms with Gasteiger partial charge in [-0.05, 0) is 69.6 Å². The number of nitrogens with one attached hydrogen (secondary N) is 1. The van der Waals surface area contributed by atoms with E-state index in [1.54, 1.807) is 48.5 Å². The predicted molar refractivity (Wildman–Crippen MR) is 141 cm³/mol. The van der Waals surface area contributed by atoms with Crippen LogP contribution in [0.2, 0.25) is 0 Å². The summed E-state index contributed by atoms with van der Waals surface area (Å²) in [6.45, 7) is 0.0570. The van der Waals surface area contributed by atoms with Gasteiger partial charge in [0.05, 0.1) is 22.2 Å². The lowest BCUT2D eigenvalue weighted by Crippen LogP contribution is -2.54. The van der Waals surface area contributed by atoms with Gasteiger partial charge in [0.25, 0.3) is 17.5 Å². The average molecular weight is 568 g/mol. The molecule has 2 amide bonds. The van der Waals surface area contributed by atoms with Crippen LogP contribution in [-0.4, -0.2) is 29.0 Å². The van der Waals surface area contributed by atoms with Crippen LogP contribution < -0.4 is 19.7 Å². The average Bonchev–Trinajstić information content (AvgIpc) is 2.86. The van der Waals surface area contributed by atoms with E-state index in [4.69, 9.17) is 21.7 Å². The van der Waals surface area contributed by atoms with Gasteiger partial charge in [0.15, 0.2) is 16.6 Å². The zero-order valence-corrected chi connectivity index (χ0v) is 21.2. The molecule has 0 unspecified atom stereocenters. The van der Waals surface area contributed by atoms with E-state index in [1.165, 1.54) is 30.2 Å². The summed E-state index contributed by atoms with van der Waals surface area (Å²) in [4.78, 5) is 37.6. The van der Waals surface area contributed by atoms with Crippen LogP contribution in [0.4, 0.5) is 11.4 Å². The summed E-state index contributed by atoms with van der Waals surface area (Å²) in [6, 6.07) is 18.2. The van der Waals surface area contributed by atoms with Crippen LogP contribution in [0.15, 0.2) is 76.8 Å². The normalized spacial score (nSPS) is 14.6. The van der Waals surface area contributed by atoms with Gasteiger partial charge in [-0.1, -0.05) is 30.3 Å². The van der Waals surface area contributed by atoms with E-state index < -0.39 is 16.7 Å². The highest BCUT2D eigenvalue weighted by atomic mass is 79.9. The molecular formula is C25H18BrN3O6S. The molecular weight excluding hydrogens is 550 g/mol. The fourth-order valence-electron chi connectivity index (χ4n) is 3.51. The summed E-state index contributed by atoms with van der Waals surface area (Å²) >= 11 is 8.66. The van der Waals surface area contributed by atoms with Crippen LogP contribution in [0.5, 0.6) is 11.5 Å². The number of nitro groups is 1. The predicted octanol–water partition coefficient (Wildman–Crippen LogP) is 4.78. The third-order valence-corrected chi connectivity index (χ3v) is 6.06. The number of benzene rings is 3. The number of non-ortho nitro benzene ring substituents is 1. The van der Waals surface area contributed by atoms with E-state index in [1.807, 2.05) is 6.07 Å². The molecule has 0 aliphatic carbocycles. The minimum absolute atomic E-state index is 0.00277. The fraction of sp³-hybridized carbons (Fsp3) is 0.0800. The summed E-state index contributed by atoms with van der Waals surface area (Å²) in [5.74, 6) is -0.479. The Balaban J connectivity index is 1.62. The molecule has 1 saturated heterocycles. The number of nitrogens with zero attached hydrogens (tertiary/aromatic N) is 2. The largest absolute Gasteiger partial charge is 0.493 e. The Bertz CT molecular complexity index is 1410. The summed E-state index contributed by atoms with van der Waals surface area (Å²) in [5, 5.41) is 13.6. The van der Waals surface area contributed by atoms with Crippen molar-refractivity contribution in [1.29, 1.82) is 0 Å². The maximum absolute atomic E-state index is 13.2. The second-order valence-electron chi connectivity index (χ2n) is 7.54. The molecule has 1 heterocycles. The van der Waals surface area contributed by atoms with Crippen molar-refractivity contribution >= 4 is 62.5 Å². The van der Waals surface area contributed by atoms with Gasteiger partial charge in [0.2, 0.25) is 0 Å². The fourth-order valence-corrected chi connectivity index (χ4v) is 4.37. The van der Waals surface area contributed by atoms with Crippen LogP contribution in [0.1, 0.15) is 11.1 Å². The Morgan fingerprint density at radius 2 is 1.86 bits per heavy atom. The molecule has 1 aliphatic rings. The van der Waals surface area contributed by atoms with E-state index in [0.717, 1.165) is 0 Å². The number of halogens is 1. The first-order valence-electron chi connectivity index (χ1n) is 10.5. The van der Waals surface area contributed by atoms with E-state index in [0.29, 0.717) is 32.8 Å². The van der Waals surface area contributed by atoms with Crippen molar-refractivity contribution < 1.29 is 24.0 Å². The smallest absolute Gasteiger partial charge is 0.270 e. The van der Waals surface area contributed by atoms with Crippen LogP contribution in [0, 0.1) is 10.1 Å². The number of anilines is 1. The molecule has 9 nitrogen and oxygen atoms in total. The van der Waals surface area contributed by atoms with Crippen LogP contribution in [0.25, 0.3) is 6.08 Å². The molecule has 0 bridgehead atoms. The van der Waals surface area contributed by atoms with Gasteiger partial charge in [-0.25, -0.2) is 0 Å². The number of amides is 2. The molecule has 1 fully saturated rings. The first-order chi connectivity index (χ1) is 17.3. The molecule has 0 saturated carbocycles. The molecule has 4 rings (SSSR count). The lowest BCUT2D eigenvalue weighted by molar-refractivity contribution is -0.384. The van der Waals surface area contributed by atoms with Crippen molar-refractivity contribution in [3.05, 3.63) is 98.0 Å². The highest BCUT2D eigenvalue weighted by molar-refractivity contribution is 9.10. The summed E-state index contributed by atoms with van der Waals surface area (Å²) in [5.41, 5.74) is 1.49. The van der Waals surface area contributed by atoms with Gasteiger partial charge in [-0.2, -0.15) is 0 Å². The van der Waals surface area contributed by atoms with Crippen molar-refractivity contribution in [3.63, 3.8) is 0 Å². The number of thiocarbonyl (C=S) groups is 1. The highest BCUT2D eigenvalue weighted by Crippen LogP contribution is 2.38. The van der Waals surface area contributed by atoms with E-state index in [9.17, 15) is 19.7 Å². The van der Waals surface area contributed by atoms with E-state index in [-0.39, 0.29) is 23.0 Å². The number of carbonyl (C=O) groups excluding carboxylic acids is 2. The first-order valence-corrected chi connectivity index (χ1v) is 11.7. The van der Waals surface area contributed by atoms with Gasteiger partial charge in [0.1, 0.15) is 12.2 Å². The second-order valence-corrected chi connectivity index (χ2v) is 8.78. The van der Waals surface area contributed by atoms with Gasteiger partial charge in [0, 0.05) is 12.1 Å². The van der Waals surface area contributed by atoms with E-state index >= 15 is 0 Å². The SMILES string of the molecule is COc1cc(/C=C2/C(=O)NC(=S)N(c3ccccc3)C2=O)cc(Br)c1OCc1cccc([N+](=O)[O-])c1. The van der Waals surface area contributed by atoms with Crippen molar-refractivity contribution in [2.24, 2.45) is 0 Å². The third kappa shape index (κ3) is 5.26. The number of carbonyl (C=O) groups is 2. The maximum Gasteiger partial charge on any atom is 0.270 e. The maximum atomic E-state index is 13.2. The van der Waals surface area contributed by atoms with Crippen LogP contribution in [0.3, 0.4) is 0 Å². The second kappa shape index (κ2) is 10.7. The van der Waals surface area contributed by atoms with Crippen LogP contribution in [-0.2, 0) is 16.2 Å². The Morgan fingerprint density at radius 1 is 1.11 bits per heavy atom. The molecule has 0 spiro atoms. The molecule has 11 heteroatoms. The first kappa shape index (κ1) is 25.0. The zero-order valence-electron chi connectivity index (χ0n) is 18.8. The quantitative estimate of drug-likeness (QED) is 0.144. The highest BCUT2D eigenvalue weighted by Gasteiger charge is 2.34. The molecule has 182 valence electrons. The zero-order chi connectivity index (χ0) is 25.8. The molecule has 3 aromatic rings. The molecule has 1 N–H and O–H groups in total. The van der Waals surface area contributed by atoms with Crippen molar-refractivity contribution in [2.75, 3.05) is 12.0 Å². The van der Waals surface area contributed by atoms with Gasteiger partial charge >= 0.3 is 0 Å². The van der Waals surface area contributed by atoms with Crippen molar-refractivity contribution in [2.45, 2.75) is 6.61 Å². The molecule has 36 heavy (non-hydrogen) atoms. The third-order valence-electron chi connectivity index (χ3n) is 5.18. The van der Waals surface area contributed by atoms with Gasteiger partial charge < -0.3 is 9.47 Å². The summed E-state index contributed by atoms with van der Waals surface area (Å²) in [6.07, 6.45) is 1.44. The molecule has 0 aromatic heterocycles. The lowest BCUT2D eigenvalue weighted by Gasteiger charge is -2.28. The monoisotopic (exact) mass is 567 g/mol. The minimum Gasteiger partial charge on any atom is -0.493 e. The molecule has 0 radical (unpaired) electrons. The Morgan fingerprint density at radius 3 is 2.56 bits per heavy atom. The Kier molecular flexibility index (Phi) is 7.41. The minimum atomic E-state index is -0.613. The van der Waals surface area contributed by atoms with Crippen LogP contribution >= 0.6 is 28.1 Å². The Labute approximate surface area is 219 Å². The lowest BCUT2D eigenvalue weighted by atomic mass is 10.1. The number of para-hydroxylation sites is 1. The number of methoxy groups -OCH3 is 1. The van der Waals surface area contributed by atoms with Crippen molar-refractivity contribution in [1.82, 2.24) is 5.32 Å². The standard InChI is InChI=1S/C25H18BrN3O6S/c1-34-21-13-16(12-20(26)22(21)35-14-15-6-5-9-18(10-15)29(32)33)11-19-23(30)27-25(36)28(24(19)31)17-7-3-2-4-8-17/h2-13H,14H2,1H3,(H,27,30,36)/b19-11-. The topological polar surface area (TPSA) is 111 Å². The molecule has 3 aromatic carbocycles. The van der Waals surface area contributed by atoms with E-state index in [2.05, 4.69) is 21.2 Å². The number of hydrogen-bond donors (Lipinski definition) is 1. The van der Waals surface area contributed by atoms with Gasteiger partial charge in [-0.15, -0.1) is 0 Å². The number of hydrogen-bond acceptors (Lipinski definition) is 7. The summed E-state index contributed by atoms with van der Waals surface area (Å²) < 4.78 is 11.8. The molecule has 1 aliphatic heterocycles. The Hall–Kier alpha value is -4.09. The number of nitro benzene ring substituents is 1.